The molecule has 3 aromatic rings. The van der Waals surface area contributed by atoms with Gasteiger partial charge in [0.2, 0.25) is 0 Å². The number of aromatic amines is 1. The molecule has 5 nitrogen and oxygen atoms in total. The maximum Gasteiger partial charge on any atom is 0.273 e. The van der Waals surface area contributed by atoms with Gasteiger partial charge in [0, 0.05) is 31.0 Å². The predicted octanol–water partition coefficient (Wildman–Crippen LogP) is 4.05. The summed E-state index contributed by atoms with van der Waals surface area (Å²) in [5.41, 5.74) is 3.58. The number of nitrogens with one attached hydrogen (secondary N) is 2. The van der Waals surface area contributed by atoms with Crippen molar-refractivity contribution in [1.82, 2.24) is 10.2 Å². The lowest BCUT2D eigenvalue weighted by molar-refractivity contribution is 0.102. The number of nitrogens with zero attached hydrogens (tertiary/aromatic N) is 2. The summed E-state index contributed by atoms with van der Waals surface area (Å²) < 4.78 is 0. The zero-order valence-corrected chi connectivity index (χ0v) is 14.1. The number of carbonyl (C=O) groups excluding carboxylic acids is 1. The number of hydrogen-bond donors (Lipinski definition) is 2. The van der Waals surface area contributed by atoms with Crippen LogP contribution in [-0.2, 0) is 0 Å². The van der Waals surface area contributed by atoms with E-state index < -0.39 is 0 Å². The Kier molecular flexibility index (Phi) is 4.53. The monoisotopic (exact) mass is 340 g/mol. The molecule has 0 aliphatic carbocycles. The number of aromatic nitrogens is 2. The highest BCUT2D eigenvalue weighted by molar-refractivity contribution is 6.33. The molecule has 1 aromatic heterocycles. The van der Waals surface area contributed by atoms with Gasteiger partial charge in [0.1, 0.15) is 5.69 Å². The van der Waals surface area contributed by atoms with Crippen LogP contribution in [-0.4, -0.2) is 30.2 Å². The highest BCUT2D eigenvalue weighted by Crippen LogP contribution is 2.26. The molecule has 0 fully saturated rings. The van der Waals surface area contributed by atoms with Gasteiger partial charge in [-0.05, 0) is 36.4 Å². The third kappa shape index (κ3) is 3.41. The Bertz CT molecular complexity index is 855. The van der Waals surface area contributed by atoms with E-state index in [9.17, 15) is 4.79 Å². The van der Waals surface area contributed by atoms with Crippen molar-refractivity contribution in [3.63, 3.8) is 0 Å². The van der Waals surface area contributed by atoms with E-state index in [0.29, 0.717) is 16.4 Å². The maximum atomic E-state index is 12.3. The molecule has 6 heteroatoms. The Labute approximate surface area is 145 Å². The van der Waals surface area contributed by atoms with Crippen molar-refractivity contribution >= 4 is 28.9 Å². The first-order chi connectivity index (χ1) is 11.5. The summed E-state index contributed by atoms with van der Waals surface area (Å²) in [4.78, 5) is 14.3. The molecule has 24 heavy (non-hydrogen) atoms. The van der Waals surface area contributed by atoms with E-state index in [0.717, 1.165) is 16.9 Å². The lowest BCUT2D eigenvalue weighted by Gasteiger charge is -2.12. The first kappa shape index (κ1) is 16.1. The number of amides is 1. The number of benzene rings is 2. The minimum atomic E-state index is -0.251. The lowest BCUT2D eigenvalue weighted by Crippen LogP contribution is -2.13. The van der Waals surface area contributed by atoms with Gasteiger partial charge in [-0.15, -0.1) is 0 Å². The van der Waals surface area contributed by atoms with Gasteiger partial charge in [-0.3, -0.25) is 9.89 Å². The van der Waals surface area contributed by atoms with E-state index in [2.05, 4.69) is 15.5 Å². The summed E-state index contributed by atoms with van der Waals surface area (Å²) >= 11 is 6.16. The fraction of sp³-hybridized carbons (Fsp3) is 0.111. The summed E-state index contributed by atoms with van der Waals surface area (Å²) in [6, 6.07) is 16.7. The third-order valence-corrected chi connectivity index (χ3v) is 3.94. The van der Waals surface area contributed by atoms with Crippen molar-refractivity contribution in [2.24, 2.45) is 0 Å². The molecule has 2 N–H and O–H groups in total. The Hall–Kier alpha value is -2.79. The van der Waals surface area contributed by atoms with Gasteiger partial charge in [-0.1, -0.05) is 29.8 Å². The highest BCUT2D eigenvalue weighted by Gasteiger charge is 2.13. The van der Waals surface area contributed by atoms with Crippen LogP contribution in [0.2, 0.25) is 5.02 Å². The molecular weight excluding hydrogens is 324 g/mol. The largest absolute Gasteiger partial charge is 0.378 e. The quantitative estimate of drug-likeness (QED) is 0.753. The zero-order chi connectivity index (χ0) is 17.1. The number of hydrogen-bond acceptors (Lipinski definition) is 3. The molecule has 0 unspecified atom stereocenters. The Morgan fingerprint density at radius 1 is 1.12 bits per heavy atom. The summed E-state index contributed by atoms with van der Waals surface area (Å²) in [7, 11) is 3.93. The molecule has 0 radical (unpaired) electrons. The fourth-order valence-electron chi connectivity index (χ4n) is 2.29. The summed E-state index contributed by atoms with van der Waals surface area (Å²) in [5.74, 6) is -0.251. The number of H-pyrrole nitrogens is 1. The summed E-state index contributed by atoms with van der Waals surface area (Å²) in [5, 5.41) is 10.4. The molecule has 1 heterocycles. The Balaban J connectivity index is 1.75. The summed E-state index contributed by atoms with van der Waals surface area (Å²) in [6.07, 6.45) is 0. The van der Waals surface area contributed by atoms with Gasteiger partial charge < -0.3 is 10.2 Å². The van der Waals surface area contributed by atoms with E-state index in [1.807, 2.05) is 61.5 Å². The van der Waals surface area contributed by atoms with Gasteiger partial charge in [0.05, 0.1) is 10.7 Å². The number of anilines is 2. The van der Waals surface area contributed by atoms with Gasteiger partial charge in [0.15, 0.2) is 0 Å². The molecule has 3 rings (SSSR count). The van der Waals surface area contributed by atoms with Gasteiger partial charge in [-0.2, -0.15) is 5.10 Å². The third-order valence-electron chi connectivity index (χ3n) is 3.61. The zero-order valence-electron chi connectivity index (χ0n) is 13.4. The smallest absolute Gasteiger partial charge is 0.273 e. The molecule has 2 aromatic carbocycles. The van der Waals surface area contributed by atoms with Crippen molar-refractivity contribution < 1.29 is 4.79 Å². The summed E-state index contributed by atoms with van der Waals surface area (Å²) in [6.45, 7) is 0. The van der Waals surface area contributed by atoms with Crippen LogP contribution in [0.3, 0.4) is 0 Å². The van der Waals surface area contributed by atoms with Crippen LogP contribution < -0.4 is 10.2 Å². The van der Waals surface area contributed by atoms with E-state index >= 15 is 0 Å². The van der Waals surface area contributed by atoms with Crippen molar-refractivity contribution in [3.8, 4) is 11.3 Å². The minimum absolute atomic E-state index is 0.251. The van der Waals surface area contributed by atoms with Crippen LogP contribution in [0.25, 0.3) is 11.3 Å². The van der Waals surface area contributed by atoms with E-state index in [4.69, 9.17) is 11.6 Å². The van der Waals surface area contributed by atoms with Crippen molar-refractivity contribution in [3.05, 3.63) is 65.3 Å². The highest BCUT2D eigenvalue weighted by atomic mass is 35.5. The Morgan fingerprint density at radius 3 is 2.50 bits per heavy atom. The maximum absolute atomic E-state index is 12.3. The van der Waals surface area contributed by atoms with E-state index in [1.54, 1.807) is 12.1 Å². The topological polar surface area (TPSA) is 61.0 Å². The second-order valence-corrected chi connectivity index (χ2v) is 5.95. The molecule has 122 valence electrons. The number of carbonyl (C=O) groups is 1. The van der Waals surface area contributed by atoms with Crippen LogP contribution >= 0.6 is 11.6 Å². The second-order valence-electron chi connectivity index (χ2n) is 5.54. The van der Waals surface area contributed by atoms with Crippen LogP contribution in [0.4, 0.5) is 11.4 Å². The van der Waals surface area contributed by atoms with Gasteiger partial charge in [0.25, 0.3) is 5.91 Å². The average molecular weight is 341 g/mol. The SMILES string of the molecule is CN(C)c1ccc(NC(=O)c2cc(-c3ccccc3Cl)n[nH]2)cc1. The molecule has 0 saturated heterocycles. The van der Waals surface area contributed by atoms with E-state index in [-0.39, 0.29) is 5.91 Å². The Morgan fingerprint density at radius 2 is 1.83 bits per heavy atom. The first-order valence-electron chi connectivity index (χ1n) is 7.43. The van der Waals surface area contributed by atoms with Crippen LogP contribution in [0.1, 0.15) is 10.5 Å². The fourth-order valence-corrected chi connectivity index (χ4v) is 2.52. The van der Waals surface area contributed by atoms with E-state index in [1.165, 1.54) is 0 Å². The minimum Gasteiger partial charge on any atom is -0.378 e. The number of halogens is 1. The van der Waals surface area contributed by atoms with Crippen molar-refractivity contribution in [2.45, 2.75) is 0 Å². The molecule has 0 spiro atoms. The standard InChI is InChI=1S/C18H17ClN4O/c1-23(2)13-9-7-12(8-10-13)20-18(24)17-11-16(21-22-17)14-5-3-4-6-15(14)19/h3-11H,1-2H3,(H,20,24)(H,21,22). The molecule has 0 aliphatic rings. The normalized spacial score (nSPS) is 10.5. The predicted molar refractivity (Wildman–Crippen MR) is 97.8 cm³/mol. The average Bonchev–Trinajstić information content (AvgIpc) is 3.05. The molecule has 1 amide bonds. The molecule has 0 aliphatic heterocycles. The second kappa shape index (κ2) is 6.76. The lowest BCUT2D eigenvalue weighted by atomic mass is 10.1. The van der Waals surface area contributed by atoms with Gasteiger partial charge in [-0.25, -0.2) is 0 Å². The molecule has 0 bridgehead atoms. The van der Waals surface area contributed by atoms with Gasteiger partial charge >= 0.3 is 0 Å². The van der Waals surface area contributed by atoms with Crippen LogP contribution in [0, 0.1) is 0 Å². The molecule has 0 saturated carbocycles. The molecule has 0 atom stereocenters. The molecular formula is C18H17ClN4O. The van der Waals surface area contributed by atoms with Crippen LogP contribution in [0.5, 0.6) is 0 Å². The van der Waals surface area contributed by atoms with Crippen molar-refractivity contribution in [1.29, 1.82) is 0 Å². The number of rotatable bonds is 4. The first-order valence-corrected chi connectivity index (χ1v) is 7.81. The van der Waals surface area contributed by atoms with Crippen LogP contribution in [0.15, 0.2) is 54.6 Å². The van der Waals surface area contributed by atoms with Crippen molar-refractivity contribution in [2.75, 3.05) is 24.3 Å².